The Hall–Kier alpha value is -2.34. The molecule has 2 aromatic rings. The first-order valence-corrected chi connectivity index (χ1v) is 10.3. The van der Waals surface area contributed by atoms with E-state index in [0.717, 1.165) is 61.2 Å². The SMILES string of the molecule is Cc1ccc([C@@H]2CCON2C(=O)C2CCC(Cc3ccc(C)nn3)CC2)cn1. The van der Waals surface area contributed by atoms with Crippen LogP contribution in [-0.2, 0) is 16.1 Å². The smallest absolute Gasteiger partial charge is 0.249 e. The Bertz CT molecular complexity index is 798. The van der Waals surface area contributed by atoms with Gasteiger partial charge in [0.05, 0.1) is 24.0 Å². The summed E-state index contributed by atoms with van der Waals surface area (Å²) in [6.07, 6.45) is 7.59. The number of amides is 1. The maximum atomic E-state index is 13.1. The van der Waals surface area contributed by atoms with Gasteiger partial charge in [-0.15, -0.1) is 0 Å². The van der Waals surface area contributed by atoms with Crippen LogP contribution < -0.4 is 0 Å². The van der Waals surface area contributed by atoms with E-state index in [2.05, 4.69) is 27.3 Å². The molecule has 6 nitrogen and oxygen atoms in total. The quantitative estimate of drug-likeness (QED) is 0.808. The van der Waals surface area contributed by atoms with E-state index in [1.54, 1.807) is 5.06 Å². The van der Waals surface area contributed by atoms with Crippen LogP contribution in [0.5, 0.6) is 0 Å². The third-order valence-electron chi connectivity index (χ3n) is 5.99. The predicted octanol–water partition coefficient (Wildman–Crippen LogP) is 3.74. The average Bonchev–Trinajstić information content (AvgIpc) is 3.20. The number of hydrogen-bond donors (Lipinski definition) is 0. The summed E-state index contributed by atoms with van der Waals surface area (Å²) in [6, 6.07) is 8.12. The average molecular weight is 380 g/mol. The second-order valence-electron chi connectivity index (χ2n) is 8.12. The van der Waals surface area contributed by atoms with Crippen molar-refractivity contribution in [2.24, 2.45) is 11.8 Å². The number of carbonyl (C=O) groups is 1. The highest BCUT2D eigenvalue weighted by atomic mass is 16.7. The minimum Gasteiger partial charge on any atom is -0.272 e. The summed E-state index contributed by atoms with van der Waals surface area (Å²) in [5.41, 5.74) is 4.04. The van der Waals surface area contributed by atoms with Crippen molar-refractivity contribution in [1.82, 2.24) is 20.2 Å². The van der Waals surface area contributed by atoms with Gasteiger partial charge in [0.25, 0.3) is 0 Å². The summed E-state index contributed by atoms with van der Waals surface area (Å²) in [4.78, 5) is 23.2. The molecule has 1 aliphatic carbocycles. The fraction of sp³-hybridized carbons (Fsp3) is 0.545. The Morgan fingerprint density at radius 1 is 1.04 bits per heavy atom. The number of aryl methyl sites for hydroxylation is 2. The van der Waals surface area contributed by atoms with Crippen LogP contribution in [0.4, 0.5) is 0 Å². The Labute approximate surface area is 166 Å². The van der Waals surface area contributed by atoms with Gasteiger partial charge in [-0.1, -0.05) is 6.07 Å². The molecule has 0 aromatic carbocycles. The molecule has 1 aliphatic heterocycles. The lowest BCUT2D eigenvalue weighted by molar-refractivity contribution is -0.183. The largest absolute Gasteiger partial charge is 0.272 e. The first kappa shape index (κ1) is 19.0. The number of hydroxylamine groups is 2. The molecule has 2 aromatic heterocycles. The fourth-order valence-electron chi connectivity index (χ4n) is 4.29. The van der Waals surface area contributed by atoms with Crippen molar-refractivity contribution < 1.29 is 9.63 Å². The van der Waals surface area contributed by atoms with Crippen molar-refractivity contribution in [2.75, 3.05) is 6.61 Å². The third-order valence-corrected chi connectivity index (χ3v) is 5.99. The molecular weight excluding hydrogens is 352 g/mol. The van der Waals surface area contributed by atoms with E-state index in [0.29, 0.717) is 12.5 Å². The molecule has 2 fully saturated rings. The number of carbonyl (C=O) groups excluding carboxylic acids is 1. The zero-order chi connectivity index (χ0) is 19.5. The molecule has 4 rings (SSSR count). The monoisotopic (exact) mass is 380 g/mol. The number of hydrogen-bond acceptors (Lipinski definition) is 5. The van der Waals surface area contributed by atoms with Gasteiger partial charge in [-0.25, -0.2) is 5.06 Å². The molecule has 2 aliphatic rings. The lowest BCUT2D eigenvalue weighted by Gasteiger charge is -2.31. The summed E-state index contributed by atoms with van der Waals surface area (Å²) in [6.45, 7) is 4.51. The van der Waals surface area contributed by atoms with Crippen LogP contribution >= 0.6 is 0 Å². The standard InChI is InChI=1S/C22H28N4O2/c1-15-3-7-19(14-23-15)21-11-12-28-26(21)22(27)18-8-5-17(6-9-18)13-20-10-4-16(2)24-25-20/h3-4,7,10,14,17-18,21H,5-6,8-9,11-13H2,1-2H3/t17?,18?,21-/m0/s1. The van der Waals surface area contributed by atoms with Gasteiger partial charge in [0.1, 0.15) is 0 Å². The number of nitrogens with zero attached hydrogens (tertiary/aromatic N) is 4. The van der Waals surface area contributed by atoms with Gasteiger partial charge < -0.3 is 0 Å². The van der Waals surface area contributed by atoms with Crippen LogP contribution in [0, 0.1) is 25.7 Å². The maximum Gasteiger partial charge on any atom is 0.249 e. The van der Waals surface area contributed by atoms with E-state index in [-0.39, 0.29) is 17.9 Å². The van der Waals surface area contributed by atoms with Gasteiger partial charge in [0.15, 0.2) is 0 Å². The van der Waals surface area contributed by atoms with Crippen molar-refractivity contribution in [2.45, 2.75) is 58.4 Å². The zero-order valence-electron chi connectivity index (χ0n) is 16.7. The topological polar surface area (TPSA) is 68.2 Å². The first-order chi connectivity index (χ1) is 13.6. The molecule has 3 heterocycles. The molecule has 0 radical (unpaired) electrons. The Morgan fingerprint density at radius 2 is 1.82 bits per heavy atom. The number of rotatable bonds is 4. The first-order valence-electron chi connectivity index (χ1n) is 10.3. The zero-order valence-corrected chi connectivity index (χ0v) is 16.7. The highest BCUT2D eigenvalue weighted by Gasteiger charge is 2.37. The second kappa shape index (κ2) is 8.35. The van der Waals surface area contributed by atoms with Crippen LogP contribution in [0.2, 0.25) is 0 Å². The van der Waals surface area contributed by atoms with Crippen molar-refractivity contribution in [3.05, 3.63) is 53.1 Å². The van der Waals surface area contributed by atoms with Gasteiger partial charge in [-0.05, 0) is 75.6 Å². The molecule has 1 saturated heterocycles. The molecule has 0 bridgehead atoms. The van der Waals surface area contributed by atoms with Gasteiger partial charge in [0.2, 0.25) is 5.91 Å². The Kier molecular flexibility index (Phi) is 5.67. The van der Waals surface area contributed by atoms with Crippen molar-refractivity contribution in [1.29, 1.82) is 0 Å². The highest BCUT2D eigenvalue weighted by Crippen LogP contribution is 2.36. The van der Waals surface area contributed by atoms with Crippen LogP contribution in [-0.4, -0.2) is 32.8 Å². The Morgan fingerprint density at radius 3 is 2.50 bits per heavy atom. The predicted molar refractivity (Wildman–Crippen MR) is 105 cm³/mol. The summed E-state index contributed by atoms with van der Waals surface area (Å²) in [5, 5.41) is 10.1. The molecule has 1 saturated carbocycles. The van der Waals surface area contributed by atoms with E-state index in [1.165, 1.54) is 0 Å². The number of aromatic nitrogens is 3. The fourth-order valence-corrected chi connectivity index (χ4v) is 4.29. The molecular formula is C22H28N4O2. The van der Waals surface area contributed by atoms with Gasteiger partial charge in [0, 0.05) is 24.2 Å². The summed E-state index contributed by atoms with van der Waals surface area (Å²) < 4.78 is 0. The third kappa shape index (κ3) is 4.22. The van der Waals surface area contributed by atoms with Crippen molar-refractivity contribution in [3.8, 4) is 0 Å². The van der Waals surface area contributed by atoms with E-state index >= 15 is 0 Å². The molecule has 0 unspecified atom stereocenters. The highest BCUT2D eigenvalue weighted by molar-refractivity contribution is 5.78. The van der Waals surface area contributed by atoms with Crippen molar-refractivity contribution >= 4 is 5.91 Å². The normalized spacial score (nSPS) is 25.1. The van der Waals surface area contributed by atoms with Crippen LogP contribution in [0.15, 0.2) is 30.5 Å². The van der Waals surface area contributed by atoms with E-state index in [4.69, 9.17) is 4.84 Å². The number of pyridine rings is 1. The second-order valence-corrected chi connectivity index (χ2v) is 8.12. The lowest BCUT2D eigenvalue weighted by Crippen LogP contribution is -2.36. The van der Waals surface area contributed by atoms with Crippen LogP contribution in [0.25, 0.3) is 0 Å². The molecule has 6 heteroatoms. The minimum absolute atomic E-state index is 0.0128. The summed E-state index contributed by atoms with van der Waals surface area (Å²) in [5.74, 6) is 0.772. The summed E-state index contributed by atoms with van der Waals surface area (Å²) in [7, 11) is 0. The van der Waals surface area contributed by atoms with Gasteiger partial charge in [-0.2, -0.15) is 10.2 Å². The van der Waals surface area contributed by atoms with E-state index < -0.39 is 0 Å². The maximum absolute atomic E-state index is 13.1. The van der Waals surface area contributed by atoms with Gasteiger partial charge in [-0.3, -0.25) is 14.6 Å². The molecule has 1 atom stereocenters. The molecule has 0 spiro atoms. The molecule has 1 amide bonds. The van der Waals surface area contributed by atoms with Crippen LogP contribution in [0.3, 0.4) is 0 Å². The van der Waals surface area contributed by atoms with Crippen LogP contribution in [0.1, 0.15) is 60.8 Å². The molecule has 28 heavy (non-hydrogen) atoms. The van der Waals surface area contributed by atoms with E-state index in [9.17, 15) is 4.79 Å². The van der Waals surface area contributed by atoms with E-state index in [1.807, 2.05) is 32.2 Å². The minimum atomic E-state index is -0.0128. The summed E-state index contributed by atoms with van der Waals surface area (Å²) >= 11 is 0. The molecule has 148 valence electrons. The lowest BCUT2D eigenvalue weighted by atomic mass is 9.79. The van der Waals surface area contributed by atoms with Gasteiger partial charge >= 0.3 is 0 Å². The Balaban J connectivity index is 1.34. The molecule has 0 N–H and O–H groups in total. The van der Waals surface area contributed by atoms with Crippen molar-refractivity contribution in [3.63, 3.8) is 0 Å².